The summed E-state index contributed by atoms with van der Waals surface area (Å²) in [5, 5.41) is 9.94. The number of aryl methyl sites for hydroxylation is 1. The maximum atomic E-state index is 13.0. The number of alkyl halides is 1. The second kappa shape index (κ2) is 15.8. The van der Waals surface area contributed by atoms with Gasteiger partial charge in [0.15, 0.2) is 0 Å². The van der Waals surface area contributed by atoms with Gasteiger partial charge in [-0.1, -0.05) is 67.4 Å². The highest BCUT2D eigenvalue weighted by Crippen LogP contribution is 2.35. The van der Waals surface area contributed by atoms with Crippen molar-refractivity contribution < 1.29 is 4.39 Å². The molecule has 2 aliphatic heterocycles. The van der Waals surface area contributed by atoms with Crippen molar-refractivity contribution in [2.24, 2.45) is 5.92 Å². The number of hydrogen-bond donors (Lipinski definition) is 1. The van der Waals surface area contributed by atoms with E-state index in [2.05, 4.69) is 77.3 Å². The van der Waals surface area contributed by atoms with Crippen LogP contribution in [0.2, 0.25) is 0 Å². The van der Waals surface area contributed by atoms with Gasteiger partial charge in [0.25, 0.3) is 0 Å². The number of anilines is 2. The Bertz CT molecular complexity index is 1240. The first-order chi connectivity index (χ1) is 20.6. The number of nitrogens with two attached hydrogens (primary N) is 1. The van der Waals surface area contributed by atoms with Crippen molar-refractivity contribution in [3.63, 3.8) is 0 Å². The lowest BCUT2D eigenvalue weighted by atomic mass is 9.87. The summed E-state index contributed by atoms with van der Waals surface area (Å²) < 4.78 is 13.0. The van der Waals surface area contributed by atoms with Crippen LogP contribution in [-0.4, -0.2) is 52.8 Å². The highest BCUT2D eigenvalue weighted by molar-refractivity contribution is 5.62. The van der Waals surface area contributed by atoms with Crippen LogP contribution in [0, 0.1) is 17.2 Å². The molecule has 1 aromatic carbocycles. The average molecular weight is 593 g/mol. The molecule has 2 N–H and O–H groups in total. The summed E-state index contributed by atoms with van der Waals surface area (Å²) in [5.41, 5.74) is 12.1. The Morgan fingerprint density at radius 3 is 2.40 bits per heavy atom. The van der Waals surface area contributed by atoms with Gasteiger partial charge in [0.2, 0.25) is 0 Å². The fourth-order valence-electron chi connectivity index (χ4n) is 6.86. The zero-order chi connectivity index (χ0) is 31.7. The molecule has 0 amide bonds. The molecule has 1 aromatic heterocycles. The third kappa shape index (κ3) is 8.06. The zero-order valence-corrected chi connectivity index (χ0v) is 28.3. The molecule has 7 heteroatoms. The molecule has 2 saturated heterocycles. The second-order valence-electron chi connectivity index (χ2n) is 12.9. The molecular weight excluding hydrogens is 535 g/mol. The second-order valence-corrected chi connectivity index (χ2v) is 12.9. The van der Waals surface area contributed by atoms with Crippen molar-refractivity contribution in [2.45, 2.75) is 131 Å². The van der Waals surface area contributed by atoms with Gasteiger partial charge in [0.05, 0.1) is 11.3 Å². The summed E-state index contributed by atoms with van der Waals surface area (Å²) >= 11 is 0. The summed E-state index contributed by atoms with van der Waals surface area (Å²) in [6, 6.07) is 6.38. The van der Waals surface area contributed by atoms with Crippen LogP contribution >= 0.6 is 0 Å². The Kier molecular flexibility index (Phi) is 12.8. The summed E-state index contributed by atoms with van der Waals surface area (Å²) in [5.74, 6) is 3.12. The minimum atomic E-state index is -0.597. The number of likely N-dealkylation sites (tertiary alicyclic amines) is 1. The van der Waals surface area contributed by atoms with Gasteiger partial charge in [-0.2, -0.15) is 5.26 Å². The van der Waals surface area contributed by atoms with Gasteiger partial charge < -0.3 is 10.6 Å². The maximum absolute atomic E-state index is 13.0. The quantitative estimate of drug-likeness (QED) is 0.266. The lowest BCUT2D eigenvalue weighted by Gasteiger charge is -2.32. The molecule has 2 fully saturated rings. The van der Waals surface area contributed by atoms with E-state index in [4.69, 9.17) is 15.7 Å². The first-order valence-corrected chi connectivity index (χ1v) is 16.9. The summed E-state index contributed by atoms with van der Waals surface area (Å²) in [7, 11) is 0. The van der Waals surface area contributed by atoms with Gasteiger partial charge in [0.1, 0.15) is 23.9 Å². The SMILES string of the molecule is CCCc1c(Cc2c([C@@H](C)CC)ccc(N)c2C#N)nc(CC)nc1N1CCC(CC)C1.CCN1CC(F)CC1(C)CC. The van der Waals surface area contributed by atoms with Gasteiger partial charge in [-0.3, -0.25) is 4.90 Å². The molecular formula is C36H57FN6. The molecule has 238 valence electrons. The van der Waals surface area contributed by atoms with E-state index in [0.29, 0.717) is 30.1 Å². The maximum Gasteiger partial charge on any atom is 0.135 e. The van der Waals surface area contributed by atoms with Gasteiger partial charge in [-0.25, -0.2) is 14.4 Å². The van der Waals surface area contributed by atoms with E-state index >= 15 is 0 Å². The van der Waals surface area contributed by atoms with Crippen LogP contribution in [0.25, 0.3) is 0 Å². The summed E-state index contributed by atoms with van der Waals surface area (Å²) in [6.45, 7) is 21.2. The van der Waals surface area contributed by atoms with E-state index in [9.17, 15) is 9.65 Å². The molecule has 2 aromatic rings. The van der Waals surface area contributed by atoms with Crippen LogP contribution in [0.15, 0.2) is 12.1 Å². The van der Waals surface area contributed by atoms with Crippen molar-refractivity contribution >= 4 is 11.5 Å². The Hall–Kier alpha value is -2.72. The standard InChI is InChI=1S/C27H39N5.C9H18FN/c1-6-10-21-25(15-22-20(18(5)7-2)11-12-24(29)23(22)16-28)30-26(9-4)31-27(21)32-14-13-19(8-3)17-32;1-4-9(3)6-8(10)7-11(9)5-2/h11-12,18-19H,6-10,13-15,17,29H2,1-5H3;8H,4-7H2,1-3H3/t18-,19?;/m0./s1. The Morgan fingerprint density at radius 2 is 1.86 bits per heavy atom. The summed E-state index contributed by atoms with van der Waals surface area (Å²) in [4.78, 5) is 14.8. The smallest absolute Gasteiger partial charge is 0.135 e. The van der Waals surface area contributed by atoms with Crippen molar-refractivity contribution in [2.75, 3.05) is 36.8 Å². The molecule has 0 aliphatic carbocycles. The first-order valence-electron chi connectivity index (χ1n) is 16.9. The van der Waals surface area contributed by atoms with Crippen molar-refractivity contribution in [1.29, 1.82) is 5.26 Å². The van der Waals surface area contributed by atoms with Crippen LogP contribution in [0.1, 0.15) is 134 Å². The van der Waals surface area contributed by atoms with E-state index in [1.807, 2.05) is 6.07 Å². The largest absolute Gasteiger partial charge is 0.398 e. The predicted octanol–water partition coefficient (Wildman–Crippen LogP) is 8.00. The Morgan fingerprint density at radius 1 is 1.12 bits per heavy atom. The van der Waals surface area contributed by atoms with Crippen LogP contribution in [0.3, 0.4) is 0 Å². The van der Waals surface area contributed by atoms with Crippen molar-refractivity contribution in [3.05, 3.63) is 45.9 Å². The van der Waals surface area contributed by atoms with Crippen LogP contribution in [0.4, 0.5) is 15.9 Å². The Labute approximate surface area is 261 Å². The zero-order valence-electron chi connectivity index (χ0n) is 28.3. The number of benzene rings is 1. The average Bonchev–Trinajstić information content (AvgIpc) is 3.61. The topological polar surface area (TPSA) is 82.1 Å². The van der Waals surface area contributed by atoms with Crippen LogP contribution in [-0.2, 0) is 19.3 Å². The molecule has 2 aliphatic rings. The molecule has 4 atom stereocenters. The monoisotopic (exact) mass is 592 g/mol. The van der Waals surface area contributed by atoms with Gasteiger partial charge in [-0.15, -0.1) is 0 Å². The highest BCUT2D eigenvalue weighted by atomic mass is 19.1. The molecule has 0 bridgehead atoms. The minimum absolute atomic E-state index is 0.133. The fourth-order valence-corrected chi connectivity index (χ4v) is 6.86. The Balaban J connectivity index is 0.000000386. The third-order valence-electron chi connectivity index (χ3n) is 10.1. The van der Waals surface area contributed by atoms with Crippen molar-refractivity contribution in [3.8, 4) is 6.07 Å². The van der Waals surface area contributed by atoms with E-state index in [0.717, 1.165) is 87.0 Å². The lowest BCUT2D eigenvalue weighted by Crippen LogP contribution is -2.40. The molecule has 0 saturated carbocycles. The highest BCUT2D eigenvalue weighted by Gasteiger charge is 2.39. The van der Waals surface area contributed by atoms with E-state index in [-0.39, 0.29) is 5.54 Å². The number of nitriles is 1. The minimum Gasteiger partial charge on any atom is -0.398 e. The predicted molar refractivity (Wildman–Crippen MR) is 179 cm³/mol. The molecule has 0 spiro atoms. The number of rotatable bonds is 11. The number of hydrogen-bond acceptors (Lipinski definition) is 6. The molecule has 3 unspecified atom stereocenters. The molecule has 3 heterocycles. The number of aromatic nitrogens is 2. The lowest BCUT2D eigenvalue weighted by molar-refractivity contribution is 0.159. The molecule has 4 rings (SSSR count). The summed E-state index contributed by atoms with van der Waals surface area (Å²) in [6.07, 6.45) is 8.07. The van der Waals surface area contributed by atoms with Gasteiger partial charge in [-0.05, 0) is 74.6 Å². The van der Waals surface area contributed by atoms with Crippen molar-refractivity contribution in [1.82, 2.24) is 14.9 Å². The van der Waals surface area contributed by atoms with Gasteiger partial charge >= 0.3 is 0 Å². The third-order valence-corrected chi connectivity index (χ3v) is 10.1. The molecule has 6 nitrogen and oxygen atoms in total. The molecule has 43 heavy (non-hydrogen) atoms. The van der Waals surface area contributed by atoms with Crippen LogP contribution in [0.5, 0.6) is 0 Å². The van der Waals surface area contributed by atoms with Gasteiger partial charge in [0, 0.05) is 49.3 Å². The number of nitrogen functional groups attached to an aromatic ring is 1. The van der Waals surface area contributed by atoms with E-state index in [1.54, 1.807) is 0 Å². The number of halogens is 1. The first kappa shape index (κ1) is 34.8. The fraction of sp³-hybridized carbons (Fsp3) is 0.694. The molecule has 0 radical (unpaired) electrons. The number of nitrogens with zero attached hydrogens (tertiary/aromatic N) is 5. The normalized spacial score (nSPS) is 22.7. The van der Waals surface area contributed by atoms with Crippen LogP contribution < -0.4 is 10.6 Å². The van der Waals surface area contributed by atoms with E-state index < -0.39 is 6.17 Å². The van der Waals surface area contributed by atoms with E-state index in [1.165, 1.54) is 24.0 Å².